The van der Waals surface area contributed by atoms with Gasteiger partial charge in [-0.2, -0.15) is 5.10 Å². The molecule has 3 rings (SSSR count). The Morgan fingerprint density at radius 3 is 2.77 bits per heavy atom. The molecule has 1 aromatic heterocycles. The SMILES string of the molecule is CCN1CCC(n2nccc2NC(=O)C(C)Oc2ccccc2F)CC1. The number of hydrogen-bond donors (Lipinski definition) is 1. The van der Waals surface area contributed by atoms with Crippen LogP contribution in [-0.4, -0.2) is 46.3 Å². The van der Waals surface area contributed by atoms with E-state index in [-0.39, 0.29) is 17.7 Å². The molecular formula is C19H25FN4O2. The topological polar surface area (TPSA) is 59.4 Å². The molecule has 1 aromatic carbocycles. The largest absolute Gasteiger partial charge is 0.478 e. The zero-order valence-electron chi connectivity index (χ0n) is 15.2. The highest BCUT2D eigenvalue weighted by Crippen LogP contribution is 2.25. The van der Waals surface area contributed by atoms with Crippen molar-refractivity contribution in [2.75, 3.05) is 25.0 Å². The summed E-state index contributed by atoms with van der Waals surface area (Å²) in [5.74, 6) is -0.106. The maximum atomic E-state index is 13.7. The lowest BCUT2D eigenvalue weighted by Crippen LogP contribution is -2.36. The number of benzene rings is 1. The number of amides is 1. The molecule has 140 valence electrons. The van der Waals surface area contributed by atoms with E-state index in [4.69, 9.17) is 4.74 Å². The van der Waals surface area contributed by atoms with Gasteiger partial charge in [-0.3, -0.25) is 4.79 Å². The summed E-state index contributed by atoms with van der Waals surface area (Å²) in [4.78, 5) is 14.9. The van der Waals surface area contributed by atoms with Gasteiger partial charge in [-0.25, -0.2) is 9.07 Å². The van der Waals surface area contributed by atoms with Crippen molar-refractivity contribution in [3.63, 3.8) is 0 Å². The van der Waals surface area contributed by atoms with E-state index < -0.39 is 11.9 Å². The number of nitrogens with zero attached hydrogens (tertiary/aromatic N) is 3. The normalized spacial score (nSPS) is 17.0. The summed E-state index contributed by atoms with van der Waals surface area (Å²) >= 11 is 0. The molecule has 1 aliphatic rings. The van der Waals surface area contributed by atoms with E-state index in [0.717, 1.165) is 32.5 Å². The summed E-state index contributed by atoms with van der Waals surface area (Å²) in [6, 6.07) is 8.10. The van der Waals surface area contributed by atoms with Crippen LogP contribution >= 0.6 is 0 Å². The molecule has 0 radical (unpaired) electrons. The molecule has 1 amide bonds. The van der Waals surface area contributed by atoms with Gasteiger partial charge in [0.25, 0.3) is 5.91 Å². The first-order chi connectivity index (χ1) is 12.6. The highest BCUT2D eigenvalue weighted by atomic mass is 19.1. The van der Waals surface area contributed by atoms with Crippen LogP contribution in [0.5, 0.6) is 5.75 Å². The van der Waals surface area contributed by atoms with Crippen molar-refractivity contribution in [1.29, 1.82) is 0 Å². The van der Waals surface area contributed by atoms with Crippen LogP contribution in [0, 0.1) is 5.82 Å². The molecule has 6 nitrogen and oxygen atoms in total. The number of carbonyl (C=O) groups excluding carboxylic acids is 1. The average molecular weight is 360 g/mol. The van der Waals surface area contributed by atoms with E-state index in [9.17, 15) is 9.18 Å². The Hall–Kier alpha value is -2.41. The molecule has 0 spiro atoms. The number of piperidine rings is 1. The van der Waals surface area contributed by atoms with Crippen LogP contribution in [0.1, 0.15) is 32.7 Å². The molecule has 0 aliphatic carbocycles. The van der Waals surface area contributed by atoms with Gasteiger partial charge in [0.2, 0.25) is 0 Å². The molecule has 1 fully saturated rings. The number of aromatic nitrogens is 2. The molecule has 26 heavy (non-hydrogen) atoms. The third kappa shape index (κ3) is 4.22. The monoisotopic (exact) mass is 360 g/mol. The summed E-state index contributed by atoms with van der Waals surface area (Å²) in [6.07, 6.45) is 2.86. The van der Waals surface area contributed by atoms with E-state index >= 15 is 0 Å². The molecule has 1 aliphatic heterocycles. The number of rotatable bonds is 6. The number of ether oxygens (including phenoxy) is 1. The Balaban J connectivity index is 1.61. The Bertz CT molecular complexity index is 741. The fourth-order valence-electron chi connectivity index (χ4n) is 3.20. The molecule has 2 aromatic rings. The van der Waals surface area contributed by atoms with Gasteiger partial charge in [-0.15, -0.1) is 0 Å². The van der Waals surface area contributed by atoms with Crippen molar-refractivity contribution in [3.05, 3.63) is 42.3 Å². The lowest BCUT2D eigenvalue weighted by Gasteiger charge is -2.31. The third-order valence-electron chi connectivity index (χ3n) is 4.78. The summed E-state index contributed by atoms with van der Waals surface area (Å²) in [5, 5.41) is 7.24. The lowest BCUT2D eigenvalue weighted by molar-refractivity contribution is -0.122. The van der Waals surface area contributed by atoms with E-state index in [1.54, 1.807) is 31.3 Å². The highest BCUT2D eigenvalue weighted by Gasteiger charge is 2.24. The maximum absolute atomic E-state index is 13.7. The molecule has 0 saturated carbocycles. The van der Waals surface area contributed by atoms with Crippen molar-refractivity contribution in [2.45, 2.75) is 38.8 Å². The van der Waals surface area contributed by atoms with E-state index in [2.05, 4.69) is 22.2 Å². The lowest BCUT2D eigenvalue weighted by atomic mass is 10.1. The minimum Gasteiger partial charge on any atom is -0.478 e. The van der Waals surface area contributed by atoms with Crippen LogP contribution in [0.25, 0.3) is 0 Å². The first-order valence-corrected chi connectivity index (χ1v) is 9.06. The van der Waals surface area contributed by atoms with Crippen molar-refractivity contribution in [2.24, 2.45) is 0 Å². The Morgan fingerprint density at radius 1 is 1.35 bits per heavy atom. The summed E-state index contributed by atoms with van der Waals surface area (Å²) in [7, 11) is 0. The Labute approximate surface area is 152 Å². The molecule has 1 atom stereocenters. The predicted molar refractivity (Wildman–Crippen MR) is 97.7 cm³/mol. The zero-order valence-corrected chi connectivity index (χ0v) is 15.2. The van der Waals surface area contributed by atoms with Crippen molar-refractivity contribution in [1.82, 2.24) is 14.7 Å². The standard InChI is InChI=1S/C19H25FN4O2/c1-3-23-12-9-15(10-13-23)24-18(8-11-21-24)22-19(25)14(2)26-17-7-5-4-6-16(17)20/h4-8,11,14-15H,3,9-10,12-13H2,1-2H3,(H,22,25). The molecular weight excluding hydrogens is 335 g/mol. The van der Waals surface area contributed by atoms with Gasteiger partial charge < -0.3 is 15.0 Å². The van der Waals surface area contributed by atoms with Crippen molar-refractivity contribution < 1.29 is 13.9 Å². The zero-order chi connectivity index (χ0) is 18.5. The fraction of sp³-hybridized carbons (Fsp3) is 0.474. The average Bonchev–Trinajstić information content (AvgIpc) is 3.11. The fourth-order valence-corrected chi connectivity index (χ4v) is 3.20. The quantitative estimate of drug-likeness (QED) is 0.860. The number of likely N-dealkylation sites (tertiary alicyclic amines) is 1. The maximum Gasteiger partial charge on any atom is 0.266 e. The third-order valence-corrected chi connectivity index (χ3v) is 4.78. The number of hydrogen-bond acceptors (Lipinski definition) is 4. The predicted octanol–water partition coefficient (Wildman–Crippen LogP) is 3.09. The van der Waals surface area contributed by atoms with Crippen LogP contribution in [0.2, 0.25) is 0 Å². The number of halogens is 1. The first kappa shape index (κ1) is 18.4. The van der Waals surface area contributed by atoms with Gasteiger partial charge in [-0.05, 0) is 38.4 Å². The molecule has 1 unspecified atom stereocenters. The van der Waals surface area contributed by atoms with Gasteiger partial charge in [0.15, 0.2) is 17.7 Å². The minimum absolute atomic E-state index is 0.0654. The summed E-state index contributed by atoms with van der Waals surface area (Å²) < 4.78 is 21.0. The van der Waals surface area contributed by atoms with Crippen LogP contribution in [-0.2, 0) is 4.79 Å². The Morgan fingerprint density at radius 2 is 2.08 bits per heavy atom. The summed E-state index contributed by atoms with van der Waals surface area (Å²) in [6.45, 7) is 6.88. The summed E-state index contributed by atoms with van der Waals surface area (Å²) in [5.41, 5.74) is 0. The van der Waals surface area contributed by atoms with Gasteiger partial charge in [-0.1, -0.05) is 19.1 Å². The molecule has 1 saturated heterocycles. The van der Waals surface area contributed by atoms with E-state index in [0.29, 0.717) is 5.82 Å². The van der Waals surface area contributed by atoms with E-state index in [1.807, 2.05) is 4.68 Å². The number of anilines is 1. The first-order valence-electron chi connectivity index (χ1n) is 9.06. The van der Waals surface area contributed by atoms with Crippen LogP contribution in [0.15, 0.2) is 36.5 Å². The van der Waals surface area contributed by atoms with Gasteiger partial charge >= 0.3 is 0 Å². The van der Waals surface area contributed by atoms with Crippen LogP contribution in [0.4, 0.5) is 10.2 Å². The van der Waals surface area contributed by atoms with Crippen molar-refractivity contribution >= 4 is 11.7 Å². The Kier molecular flexibility index (Phi) is 5.88. The van der Waals surface area contributed by atoms with Crippen LogP contribution < -0.4 is 10.1 Å². The number of nitrogens with one attached hydrogen (secondary N) is 1. The van der Waals surface area contributed by atoms with Crippen LogP contribution in [0.3, 0.4) is 0 Å². The van der Waals surface area contributed by atoms with Gasteiger partial charge in [0.05, 0.1) is 12.2 Å². The second kappa shape index (κ2) is 8.31. The molecule has 7 heteroatoms. The number of para-hydroxylation sites is 1. The molecule has 1 N–H and O–H groups in total. The highest BCUT2D eigenvalue weighted by molar-refractivity contribution is 5.93. The second-order valence-electron chi connectivity index (χ2n) is 6.51. The van der Waals surface area contributed by atoms with Gasteiger partial charge in [0, 0.05) is 19.2 Å². The van der Waals surface area contributed by atoms with Crippen molar-refractivity contribution in [3.8, 4) is 5.75 Å². The second-order valence-corrected chi connectivity index (χ2v) is 6.51. The van der Waals surface area contributed by atoms with E-state index in [1.165, 1.54) is 12.1 Å². The minimum atomic E-state index is -0.822. The smallest absolute Gasteiger partial charge is 0.266 e. The molecule has 2 heterocycles. The van der Waals surface area contributed by atoms with Gasteiger partial charge in [0.1, 0.15) is 5.82 Å². The number of carbonyl (C=O) groups is 1. The molecule has 0 bridgehead atoms.